The Morgan fingerprint density at radius 1 is 1.05 bits per heavy atom. The largest absolute Gasteiger partial charge is 0.507 e. The molecular formula is C16H14O5. The third-order valence-corrected chi connectivity index (χ3v) is 2.91. The number of aromatic hydroxyl groups is 3. The minimum atomic E-state index is -0.414. The molecule has 0 aromatic heterocycles. The summed E-state index contributed by atoms with van der Waals surface area (Å²) in [6.07, 6.45) is 2.55. The lowest BCUT2D eigenvalue weighted by molar-refractivity contribution is 0.104. The van der Waals surface area contributed by atoms with Crippen LogP contribution < -0.4 is 4.74 Å². The Kier molecular flexibility index (Phi) is 4.13. The van der Waals surface area contributed by atoms with Gasteiger partial charge in [0.25, 0.3) is 0 Å². The molecule has 0 bridgehead atoms. The molecule has 0 aliphatic rings. The lowest BCUT2D eigenvalue weighted by Gasteiger charge is -2.06. The second kappa shape index (κ2) is 6.00. The molecule has 5 heteroatoms. The lowest BCUT2D eigenvalue weighted by atomic mass is 10.1. The molecule has 0 heterocycles. The highest BCUT2D eigenvalue weighted by atomic mass is 16.5. The molecule has 0 atom stereocenters. The summed E-state index contributed by atoms with van der Waals surface area (Å²) in [6, 6.07) is 8.69. The van der Waals surface area contributed by atoms with Gasteiger partial charge in [-0.3, -0.25) is 4.79 Å². The molecule has 0 aliphatic heterocycles. The number of methoxy groups -OCH3 is 1. The summed E-state index contributed by atoms with van der Waals surface area (Å²) in [7, 11) is 1.37. The lowest BCUT2D eigenvalue weighted by Crippen LogP contribution is -1.94. The fraction of sp³-hybridized carbons (Fsp3) is 0.0625. The predicted octanol–water partition coefficient (Wildman–Crippen LogP) is 2.71. The van der Waals surface area contributed by atoms with Gasteiger partial charge in [-0.2, -0.15) is 0 Å². The van der Waals surface area contributed by atoms with E-state index in [1.54, 1.807) is 12.1 Å². The topological polar surface area (TPSA) is 87.0 Å². The standard InChI is InChI=1S/C16H14O5/c1-21-16-9-14(19)10(8-15(16)20)6-7-13(18)11-4-2-3-5-12(11)17/h2-9,17,19-20H,1H3/b7-6+. The van der Waals surface area contributed by atoms with Gasteiger partial charge in [-0.25, -0.2) is 0 Å². The van der Waals surface area contributed by atoms with Crippen molar-refractivity contribution in [1.29, 1.82) is 0 Å². The Morgan fingerprint density at radius 3 is 2.43 bits per heavy atom. The highest BCUT2D eigenvalue weighted by molar-refractivity contribution is 6.08. The highest BCUT2D eigenvalue weighted by Crippen LogP contribution is 2.33. The van der Waals surface area contributed by atoms with E-state index in [1.165, 1.54) is 43.5 Å². The monoisotopic (exact) mass is 286 g/mol. The molecule has 108 valence electrons. The van der Waals surface area contributed by atoms with Crippen molar-refractivity contribution in [3.05, 3.63) is 53.6 Å². The normalized spacial score (nSPS) is 10.7. The van der Waals surface area contributed by atoms with Gasteiger partial charge in [0.2, 0.25) is 0 Å². The fourth-order valence-corrected chi connectivity index (χ4v) is 1.81. The van der Waals surface area contributed by atoms with Crippen LogP contribution >= 0.6 is 0 Å². The van der Waals surface area contributed by atoms with Crippen molar-refractivity contribution in [2.24, 2.45) is 0 Å². The Morgan fingerprint density at radius 2 is 1.76 bits per heavy atom. The Labute approximate surface area is 121 Å². The molecule has 21 heavy (non-hydrogen) atoms. The number of phenolic OH excluding ortho intramolecular Hbond substituents is 3. The molecule has 0 radical (unpaired) electrons. The van der Waals surface area contributed by atoms with Crippen LogP contribution in [0.25, 0.3) is 6.08 Å². The van der Waals surface area contributed by atoms with Crippen molar-refractivity contribution in [1.82, 2.24) is 0 Å². The number of phenols is 3. The number of allylic oxidation sites excluding steroid dienone is 1. The average Bonchev–Trinajstić information content (AvgIpc) is 2.47. The molecule has 0 spiro atoms. The number of hydrogen-bond donors (Lipinski definition) is 3. The van der Waals surface area contributed by atoms with Gasteiger partial charge in [0.05, 0.1) is 12.7 Å². The summed E-state index contributed by atoms with van der Waals surface area (Å²) in [6.45, 7) is 0. The molecule has 0 amide bonds. The number of para-hydroxylation sites is 1. The van der Waals surface area contributed by atoms with Crippen LogP contribution in [0.4, 0.5) is 0 Å². The van der Waals surface area contributed by atoms with E-state index >= 15 is 0 Å². The third kappa shape index (κ3) is 3.14. The van der Waals surface area contributed by atoms with Gasteiger partial charge in [-0.1, -0.05) is 12.1 Å². The zero-order chi connectivity index (χ0) is 15.4. The predicted molar refractivity (Wildman–Crippen MR) is 77.8 cm³/mol. The molecule has 0 saturated carbocycles. The van der Waals surface area contributed by atoms with Crippen molar-refractivity contribution in [3.63, 3.8) is 0 Å². The van der Waals surface area contributed by atoms with Crippen LogP contribution in [-0.2, 0) is 0 Å². The van der Waals surface area contributed by atoms with Crippen molar-refractivity contribution >= 4 is 11.9 Å². The van der Waals surface area contributed by atoms with E-state index in [0.717, 1.165) is 0 Å². The molecule has 2 aromatic rings. The van der Waals surface area contributed by atoms with Crippen LogP contribution in [0.15, 0.2) is 42.5 Å². The first-order valence-corrected chi connectivity index (χ1v) is 6.13. The maximum atomic E-state index is 11.9. The second-order valence-electron chi connectivity index (χ2n) is 4.30. The first-order valence-electron chi connectivity index (χ1n) is 6.13. The van der Waals surface area contributed by atoms with Gasteiger partial charge in [0.1, 0.15) is 11.5 Å². The van der Waals surface area contributed by atoms with Crippen LogP contribution in [0.3, 0.4) is 0 Å². The van der Waals surface area contributed by atoms with Gasteiger partial charge < -0.3 is 20.1 Å². The van der Waals surface area contributed by atoms with Gasteiger partial charge in [0, 0.05) is 11.6 Å². The van der Waals surface area contributed by atoms with Gasteiger partial charge in [0.15, 0.2) is 17.3 Å². The Bertz CT molecular complexity index is 704. The zero-order valence-electron chi connectivity index (χ0n) is 11.3. The minimum absolute atomic E-state index is 0.117. The SMILES string of the molecule is COc1cc(O)c(/C=C/C(=O)c2ccccc2O)cc1O. The van der Waals surface area contributed by atoms with Crippen molar-refractivity contribution in [2.45, 2.75) is 0 Å². The van der Waals surface area contributed by atoms with Gasteiger partial charge in [-0.15, -0.1) is 0 Å². The first-order chi connectivity index (χ1) is 10.0. The number of benzene rings is 2. The maximum absolute atomic E-state index is 11.9. The van der Waals surface area contributed by atoms with E-state index in [4.69, 9.17) is 4.74 Å². The molecule has 0 fully saturated rings. The smallest absolute Gasteiger partial charge is 0.189 e. The molecule has 2 rings (SSSR count). The summed E-state index contributed by atoms with van der Waals surface area (Å²) in [4.78, 5) is 11.9. The molecule has 5 nitrogen and oxygen atoms in total. The number of carbonyl (C=O) groups is 1. The summed E-state index contributed by atoms with van der Waals surface area (Å²) in [5.74, 6) is -0.677. The van der Waals surface area contributed by atoms with Crippen molar-refractivity contribution < 1.29 is 24.9 Å². The van der Waals surface area contributed by atoms with Crippen LogP contribution in [-0.4, -0.2) is 28.2 Å². The van der Waals surface area contributed by atoms with Gasteiger partial charge in [-0.05, 0) is 30.4 Å². The fourth-order valence-electron chi connectivity index (χ4n) is 1.81. The molecule has 2 aromatic carbocycles. The van der Waals surface area contributed by atoms with E-state index in [-0.39, 0.29) is 34.1 Å². The number of rotatable bonds is 4. The van der Waals surface area contributed by atoms with E-state index in [2.05, 4.69) is 0 Å². The van der Waals surface area contributed by atoms with Crippen LogP contribution in [0.1, 0.15) is 15.9 Å². The Balaban J connectivity index is 2.28. The average molecular weight is 286 g/mol. The number of ketones is 1. The Hall–Kier alpha value is -2.95. The van der Waals surface area contributed by atoms with Gasteiger partial charge >= 0.3 is 0 Å². The minimum Gasteiger partial charge on any atom is -0.507 e. The molecule has 3 N–H and O–H groups in total. The molecular weight excluding hydrogens is 272 g/mol. The van der Waals surface area contributed by atoms with E-state index in [9.17, 15) is 20.1 Å². The summed E-state index contributed by atoms with van der Waals surface area (Å²) >= 11 is 0. The van der Waals surface area contributed by atoms with E-state index in [1.807, 2.05) is 0 Å². The molecule has 0 unspecified atom stereocenters. The first kappa shape index (κ1) is 14.5. The summed E-state index contributed by atoms with van der Waals surface area (Å²) < 4.78 is 4.86. The van der Waals surface area contributed by atoms with Crippen molar-refractivity contribution in [2.75, 3.05) is 7.11 Å². The van der Waals surface area contributed by atoms with Crippen LogP contribution in [0.5, 0.6) is 23.0 Å². The molecule has 0 aliphatic carbocycles. The number of hydrogen-bond acceptors (Lipinski definition) is 5. The van der Waals surface area contributed by atoms with E-state index in [0.29, 0.717) is 0 Å². The van der Waals surface area contributed by atoms with Crippen LogP contribution in [0.2, 0.25) is 0 Å². The van der Waals surface area contributed by atoms with Crippen LogP contribution in [0, 0.1) is 0 Å². The highest BCUT2D eigenvalue weighted by Gasteiger charge is 2.09. The summed E-state index contributed by atoms with van der Waals surface area (Å²) in [5.41, 5.74) is 0.419. The summed E-state index contributed by atoms with van der Waals surface area (Å²) in [5, 5.41) is 29.0. The third-order valence-electron chi connectivity index (χ3n) is 2.91. The van der Waals surface area contributed by atoms with Crippen molar-refractivity contribution in [3.8, 4) is 23.0 Å². The quantitative estimate of drug-likeness (QED) is 0.457. The van der Waals surface area contributed by atoms with E-state index < -0.39 is 5.78 Å². The second-order valence-corrected chi connectivity index (χ2v) is 4.30. The number of ether oxygens (including phenoxy) is 1. The molecule has 0 saturated heterocycles. The maximum Gasteiger partial charge on any atom is 0.189 e. The number of carbonyl (C=O) groups excluding carboxylic acids is 1. The zero-order valence-corrected chi connectivity index (χ0v) is 11.3.